The summed E-state index contributed by atoms with van der Waals surface area (Å²) in [7, 11) is 4.11. The van der Waals surface area contributed by atoms with Gasteiger partial charge in [0.15, 0.2) is 0 Å². The third-order valence-corrected chi connectivity index (χ3v) is 7.28. The predicted molar refractivity (Wildman–Crippen MR) is 161 cm³/mol. The Bertz CT molecular complexity index is 1850. The van der Waals surface area contributed by atoms with Gasteiger partial charge in [0, 0.05) is 44.9 Å². The van der Waals surface area contributed by atoms with Crippen LogP contribution >= 0.6 is 0 Å². The minimum Gasteiger partial charge on any atom is -0.496 e. The zero-order valence-corrected chi connectivity index (χ0v) is 24.6. The number of carbonyl (C=O) groups is 2. The van der Waals surface area contributed by atoms with E-state index in [9.17, 15) is 19.2 Å². The van der Waals surface area contributed by atoms with Crippen molar-refractivity contribution in [3.05, 3.63) is 97.6 Å². The van der Waals surface area contributed by atoms with Gasteiger partial charge in [0.2, 0.25) is 11.6 Å². The zero-order chi connectivity index (χ0) is 31.4. The van der Waals surface area contributed by atoms with Gasteiger partial charge in [-0.2, -0.15) is 5.10 Å². The number of carbonyl (C=O) groups excluding carboxylic acids is 2. The second-order valence-electron chi connectivity index (χ2n) is 10.1. The highest BCUT2D eigenvalue weighted by Crippen LogP contribution is 2.37. The van der Waals surface area contributed by atoms with E-state index in [1.165, 1.54) is 27.3 Å². The summed E-state index contributed by atoms with van der Waals surface area (Å²) < 4.78 is 22.6. The molecule has 4 rings (SSSR count). The van der Waals surface area contributed by atoms with Crippen molar-refractivity contribution in [2.24, 2.45) is 19.8 Å². The maximum atomic E-state index is 15.3. The number of primary amides is 1. The molecule has 1 aromatic heterocycles. The first-order valence-corrected chi connectivity index (χ1v) is 13.5. The molecule has 43 heavy (non-hydrogen) atoms. The number of nitrogens with two attached hydrogens (primary N) is 1. The molecule has 4 aromatic rings. The highest BCUT2D eigenvalue weighted by Gasteiger charge is 2.20. The van der Waals surface area contributed by atoms with Crippen molar-refractivity contribution >= 4 is 17.5 Å². The fraction of sp³-hybridized carbons (Fsp3) is 0.258. The summed E-state index contributed by atoms with van der Waals surface area (Å²) in [6.45, 7) is 4.25. The lowest BCUT2D eigenvalue weighted by molar-refractivity contribution is -0.117. The van der Waals surface area contributed by atoms with Gasteiger partial charge in [-0.15, -0.1) is 0 Å². The predicted octanol–water partition coefficient (Wildman–Crippen LogP) is 2.79. The lowest BCUT2D eigenvalue weighted by Gasteiger charge is -2.18. The molecule has 0 aliphatic heterocycles. The first-order chi connectivity index (χ1) is 20.4. The molecule has 0 bridgehead atoms. The Kier molecular flexibility index (Phi) is 9.20. The molecule has 0 atom stereocenters. The van der Waals surface area contributed by atoms with Crippen LogP contribution in [0.1, 0.15) is 33.6 Å². The molecule has 1 heterocycles. The molecule has 4 N–H and O–H groups in total. The Balaban J connectivity index is 1.68. The SMILES string of the molecule is COc1cc(-c2cccc(-c3cccc(NC(=O)c4nn(C)c(=O)n(C)c4=O)c3C)c2C)cc(F)c1CNCCC(N)=O. The van der Waals surface area contributed by atoms with E-state index >= 15 is 4.39 Å². The van der Waals surface area contributed by atoms with E-state index in [1.54, 1.807) is 18.2 Å². The van der Waals surface area contributed by atoms with Gasteiger partial charge in [-0.3, -0.25) is 19.0 Å². The smallest absolute Gasteiger partial charge is 0.346 e. The number of rotatable bonds is 10. The molecule has 3 aromatic carbocycles. The molecular formula is C31H33FN6O5. The summed E-state index contributed by atoms with van der Waals surface area (Å²) >= 11 is 0. The monoisotopic (exact) mass is 588 g/mol. The van der Waals surface area contributed by atoms with Gasteiger partial charge in [0.05, 0.1) is 7.11 Å². The van der Waals surface area contributed by atoms with Crippen LogP contribution in [0.25, 0.3) is 22.3 Å². The van der Waals surface area contributed by atoms with Crippen molar-refractivity contribution in [2.45, 2.75) is 26.8 Å². The molecule has 0 saturated carbocycles. The molecular weight excluding hydrogens is 555 g/mol. The lowest BCUT2D eigenvalue weighted by atomic mass is 9.90. The van der Waals surface area contributed by atoms with E-state index in [1.807, 2.05) is 38.1 Å². The van der Waals surface area contributed by atoms with Gasteiger partial charge < -0.3 is 21.1 Å². The average Bonchev–Trinajstić information content (AvgIpc) is 2.97. The Morgan fingerprint density at radius 3 is 2.33 bits per heavy atom. The molecule has 0 saturated heterocycles. The first-order valence-electron chi connectivity index (χ1n) is 13.5. The number of nitrogens with one attached hydrogen (secondary N) is 2. The first kappa shape index (κ1) is 30.8. The molecule has 0 radical (unpaired) electrons. The third kappa shape index (κ3) is 6.38. The van der Waals surface area contributed by atoms with E-state index in [-0.39, 0.29) is 13.0 Å². The number of benzene rings is 3. The van der Waals surface area contributed by atoms with Crippen LogP contribution in [0.5, 0.6) is 5.75 Å². The average molecular weight is 589 g/mol. The summed E-state index contributed by atoms with van der Waals surface area (Å²) in [5, 5.41) is 9.60. The summed E-state index contributed by atoms with van der Waals surface area (Å²) in [6.07, 6.45) is 0.140. The van der Waals surface area contributed by atoms with Crippen molar-refractivity contribution in [3.63, 3.8) is 0 Å². The molecule has 0 aliphatic carbocycles. The number of hydrogen-bond donors (Lipinski definition) is 3. The topological polar surface area (TPSA) is 150 Å². The number of ether oxygens (including phenoxy) is 1. The maximum absolute atomic E-state index is 15.3. The number of anilines is 1. The van der Waals surface area contributed by atoms with E-state index in [4.69, 9.17) is 10.5 Å². The number of aromatic nitrogens is 3. The molecule has 12 heteroatoms. The molecule has 0 unspecified atom stereocenters. The van der Waals surface area contributed by atoms with Crippen molar-refractivity contribution in [1.29, 1.82) is 0 Å². The normalized spacial score (nSPS) is 10.9. The van der Waals surface area contributed by atoms with Gasteiger partial charge in [0.1, 0.15) is 11.6 Å². The van der Waals surface area contributed by atoms with Crippen molar-refractivity contribution in [1.82, 2.24) is 19.7 Å². The number of methoxy groups -OCH3 is 1. The Hall–Kier alpha value is -5.10. The van der Waals surface area contributed by atoms with Crippen LogP contribution in [0.4, 0.5) is 10.1 Å². The summed E-state index contributed by atoms with van der Waals surface area (Å²) in [5.74, 6) is -1.27. The Labute approximate surface area is 247 Å². The fourth-order valence-corrected chi connectivity index (χ4v) is 4.87. The third-order valence-electron chi connectivity index (χ3n) is 7.28. The largest absolute Gasteiger partial charge is 0.496 e. The second-order valence-corrected chi connectivity index (χ2v) is 10.1. The van der Waals surface area contributed by atoms with Crippen molar-refractivity contribution in [2.75, 3.05) is 19.0 Å². The summed E-state index contributed by atoms with van der Waals surface area (Å²) in [5.41, 5.74) is 8.82. The van der Waals surface area contributed by atoms with Crippen LogP contribution in [-0.2, 0) is 25.4 Å². The van der Waals surface area contributed by atoms with Crippen molar-refractivity contribution in [3.8, 4) is 28.0 Å². The highest BCUT2D eigenvalue weighted by atomic mass is 19.1. The number of nitrogens with zero attached hydrogens (tertiary/aromatic N) is 3. The summed E-state index contributed by atoms with van der Waals surface area (Å²) in [6, 6.07) is 14.3. The van der Waals surface area contributed by atoms with E-state index in [0.717, 1.165) is 37.1 Å². The minimum absolute atomic E-state index is 0.140. The molecule has 0 aliphatic rings. The van der Waals surface area contributed by atoms with Gasteiger partial charge in [-0.1, -0.05) is 30.3 Å². The van der Waals surface area contributed by atoms with Crippen molar-refractivity contribution < 1.29 is 18.7 Å². The maximum Gasteiger partial charge on any atom is 0.346 e. The van der Waals surface area contributed by atoms with Crippen LogP contribution in [0.2, 0.25) is 0 Å². The number of halogens is 1. The molecule has 11 nitrogen and oxygen atoms in total. The number of aryl methyl sites for hydroxylation is 1. The van der Waals surface area contributed by atoms with Gasteiger partial charge in [0.25, 0.3) is 11.5 Å². The van der Waals surface area contributed by atoms with Gasteiger partial charge >= 0.3 is 5.69 Å². The van der Waals surface area contributed by atoms with Crippen LogP contribution in [0.15, 0.2) is 58.1 Å². The minimum atomic E-state index is -0.798. The van der Waals surface area contributed by atoms with Gasteiger partial charge in [-0.25, -0.2) is 13.9 Å². The van der Waals surface area contributed by atoms with E-state index in [0.29, 0.717) is 29.1 Å². The van der Waals surface area contributed by atoms with E-state index < -0.39 is 34.6 Å². The Morgan fingerprint density at radius 2 is 1.65 bits per heavy atom. The number of hydrogen-bond acceptors (Lipinski definition) is 7. The molecule has 0 fully saturated rings. The fourth-order valence-electron chi connectivity index (χ4n) is 4.87. The molecule has 224 valence electrons. The lowest BCUT2D eigenvalue weighted by Crippen LogP contribution is -2.43. The standard InChI is InChI=1S/C31H33FN6O5/c1-17-20(19-14-24(32)23(26(15-19)43-5)16-34-13-12-27(33)39)8-6-9-21(17)22-10-7-11-25(18(22)2)35-29(40)28-30(41)37(3)31(42)38(4)36-28/h6-11,14-15,34H,12-13,16H2,1-5H3,(H2,33,39)(H,35,40). The summed E-state index contributed by atoms with van der Waals surface area (Å²) in [4.78, 5) is 48.5. The molecule has 2 amide bonds. The van der Waals surface area contributed by atoms with Gasteiger partial charge in [-0.05, 0) is 65.4 Å². The zero-order valence-electron chi connectivity index (χ0n) is 24.6. The number of amides is 2. The molecule has 0 spiro atoms. The highest BCUT2D eigenvalue weighted by molar-refractivity contribution is 6.03. The van der Waals surface area contributed by atoms with Crippen LogP contribution in [-0.4, -0.2) is 39.8 Å². The van der Waals surface area contributed by atoms with Crippen LogP contribution < -0.4 is 32.4 Å². The quantitative estimate of drug-likeness (QED) is 0.241. The Morgan fingerprint density at radius 1 is 1.00 bits per heavy atom. The van der Waals surface area contributed by atoms with Crippen LogP contribution in [0.3, 0.4) is 0 Å². The van der Waals surface area contributed by atoms with E-state index in [2.05, 4.69) is 15.7 Å². The van der Waals surface area contributed by atoms with Crippen LogP contribution in [0, 0.1) is 19.7 Å². The second kappa shape index (κ2) is 12.8.